The van der Waals surface area contributed by atoms with Gasteiger partial charge in [0, 0.05) is 12.0 Å². The number of hydrogen-bond acceptors (Lipinski definition) is 3. The van der Waals surface area contributed by atoms with Crippen molar-refractivity contribution in [2.45, 2.75) is 18.7 Å². The maximum Gasteiger partial charge on any atom is 0.416 e. The number of amidine groups is 1. The summed E-state index contributed by atoms with van der Waals surface area (Å²) in [6, 6.07) is 7.43. The van der Waals surface area contributed by atoms with Crippen molar-refractivity contribution in [3.8, 4) is 5.75 Å². The van der Waals surface area contributed by atoms with Crippen LogP contribution in [-0.4, -0.2) is 11.0 Å². The monoisotopic (exact) mass is 340 g/mol. The highest BCUT2D eigenvalue weighted by Gasteiger charge is 2.34. The molecule has 0 radical (unpaired) electrons. The zero-order valence-electron chi connectivity index (χ0n) is 12.1. The third-order valence-electron chi connectivity index (χ3n) is 3.82. The van der Waals surface area contributed by atoms with Crippen molar-refractivity contribution in [2.75, 3.05) is 0 Å². The van der Waals surface area contributed by atoms with Gasteiger partial charge in [0.1, 0.15) is 17.7 Å². The number of halogens is 4. The summed E-state index contributed by atoms with van der Waals surface area (Å²) in [6.45, 7) is 0. The standard InChI is InChI=1S/C16H12F4N2O2/c17-14-10(2-1-3-11(14)15(21)22-23)13-7-8-6-9(16(18,19)20)4-5-12(8)24-13/h1-6,13,23H,7H2,(H2,21,22). The molecule has 0 aromatic heterocycles. The number of rotatable bonds is 2. The van der Waals surface area contributed by atoms with Gasteiger partial charge in [-0.25, -0.2) is 4.39 Å². The molecule has 3 rings (SSSR count). The third kappa shape index (κ3) is 2.75. The van der Waals surface area contributed by atoms with Gasteiger partial charge in [-0.1, -0.05) is 17.3 Å². The van der Waals surface area contributed by atoms with Gasteiger partial charge in [0.2, 0.25) is 0 Å². The lowest BCUT2D eigenvalue weighted by molar-refractivity contribution is -0.137. The summed E-state index contributed by atoms with van der Waals surface area (Å²) in [5, 5.41) is 11.4. The molecule has 126 valence electrons. The topological polar surface area (TPSA) is 67.8 Å². The Hall–Kier alpha value is -2.77. The molecule has 1 aliphatic heterocycles. The lowest BCUT2D eigenvalue weighted by atomic mass is 9.99. The molecule has 2 aromatic rings. The third-order valence-corrected chi connectivity index (χ3v) is 3.82. The van der Waals surface area contributed by atoms with E-state index in [-0.39, 0.29) is 23.3 Å². The summed E-state index contributed by atoms with van der Waals surface area (Å²) < 4.78 is 58.4. The smallest absolute Gasteiger partial charge is 0.416 e. The minimum atomic E-state index is -4.45. The van der Waals surface area contributed by atoms with E-state index in [2.05, 4.69) is 5.16 Å². The Morgan fingerprint density at radius 1 is 1.25 bits per heavy atom. The van der Waals surface area contributed by atoms with Crippen LogP contribution in [0.5, 0.6) is 5.75 Å². The zero-order valence-corrected chi connectivity index (χ0v) is 12.1. The molecule has 0 saturated carbocycles. The van der Waals surface area contributed by atoms with E-state index in [0.717, 1.165) is 12.1 Å². The minimum absolute atomic E-state index is 0.0931. The predicted molar refractivity (Wildman–Crippen MR) is 77.4 cm³/mol. The van der Waals surface area contributed by atoms with E-state index in [4.69, 9.17) is 15.7 Å². The lowest BCUT2D eigenvalue weighted by Gasteiger charge is -2.13. The maximum absolute atomic E-state index is 14.5. The van der Waals surface area contributed by atoms with E-state index < -0.39 is 29.5 Å². The second-order valence-electron chi connectivity index (χ2n) is 5.32. The Kier molecular flexibility index (Phi) is 3.82. The van der Waals surface area contributed by atoms with E-state index in [1.807, 2.05) is 0 Å². The van der Waals surface area contributed by atoms with Gasteiger partial charge in [-0.05, 0) is 29.8 Å². The van der Waals surface area contributed by atoms with Crippen molar-refractivity contribution >= 4 is 5.84 Å². The normalized spacial score (nSPS) is 17.5. The average molecular weight is 340 g/mol. The number of oxime groups is 1. The van der Waals surface area contributed by atoms with Crippen LogP contribution < -0.4 is 10.5 Å². The van der Waals surface area contributed by atoms with Crippen LogP contribution in [0.4, 0.5) is 17.6 Å². The van der Waals surface area contributed by atoms with Gasteiger partial charge in [0.15, 0.2) is 5.84 Å². The van der Waals surface area contributed by atoms with Crippen molar-refractivity contribution in [3.05, 3.63) is 64.5 Å². The van der Waals surface area contributed by atoms with Gasteiger partial charge in [0.25, 0.3) is 0 Å². The molecule has 0 bridgehead atoms. The van der Waals surface area contributed by atoms with E-state index >= 15 is 0 Å². The van der Waals surface area contributed by atoms with Gasteiger partial charge >= 0.3 is 6.18 Å². The highest BCUT2D eigenvalue weighted by molar-refractivity contribution is 5.97. The fourth-order valence-electron chi connectivity index (χ4n) is 2.65. The van der Waals surface area contributed by atoms with Crippen LogP contribution >= 0.6 is 0 Å². The molecule has 0 fully saturated rings. The van der Waals surface area contributed by atoms with Gasteiger partial charge < -0.3 is 15.7 Å². The molecule has 0 saturated heterocycles. The number of nitrogens with two attached hydrogens (primary N) is 1. The van der Waals surface area contributed by atoms with Crippen LogP contribution in [0.1, 0.15) is 28.4 Å². The Balaban J connectivity index is 1.94. The second kappa shape index (κ2) is 5.70. The van der Waals surface area contributed by atoms with E-state index in [9.17, 15) is 17.6 Å². The summed E-state index contributed by atoms with van der Waals surface area (Å²) in [5.74, 6) is -0.854. The first-order chi connectivity index (χ1) is 11.3. The molecule has 1 heterocycles. The first-order valence-corrected chi connectivity index (χ1v) is 6.94. The molecule has 4 nitrogen and oxygen atoms in total. The van der Waals surface area contributed by atoms with Crippen LogP contribution in [0.2, 0.25) is 0 Å². The SMILES string of the molecule is N/C(=N\O)c1cccc(C2Cc3cc(C(F)(F)F)ccc3O2)c1F. The van der Waals surface area contributed by atoms with Gasteiger partial charge in [-0.3, -0.25) is 0 Å². The first kappa shape index (κ1) is 16.1. The second-order valence-corrected chi connectivity index (χ2v) is 5.32. The van der Waals surface area contributed by atoms with Crippen LogP contribution in [0.3, 0.4) is 0 Å². The molecular formula is C16H12F4N2O2. The van der Waals surface area contributed by atoms with Gasteiger partial charge in [0.05, 0.1) is 11.1 Å². The Bertz CT molecular complexity index is 818. The Morgan fingerprint density at radius 3 is 2.67 bits per heavy atom. The molecule has 3 N–H and O–H groups in total. The highest BCUT2D eigenvalue weighted by atomic mass is 19.4. The Morgan fingerprint density at radius 2 is 2.00 bits per heavy atom. The van der Waals surface area contributed by atoms with Crippen molar-refractivity contribution in [3.63, 3.8) is 0 Å². The lowest BCUT2D eigenvalue weighted by Crippen LogP contribution is -2.17. The number of fused-ring (bicyclic) bond motifs is 1. The van der Waals surface area contributed by atoms with E-state index in [0.29, 0.717) is 5.56 Å². The summed E-state index contributed by atoms with van der Waals surface area (Å²) in [7, 11) is 0. The Labute approximate surface area is 134 Å². The van der Waals surface area contributed by atoms with Crippen LogP contribution in [0.25, 0.3) is 0 Å². The van der Waals surface area contributed by atoms with Crippen LogP contribution in [-0.2, 0) is 12.6 Å². The molecule has 24 heavy (non-hydrogen) atoms. The van der Waals surface area contributed by atoms with Gasteiger partial charge in [-0.2, -0.15) is 13.2 Å². The molecule has 1 unspecified atom stereocenters. The largest absolute Gasteiger partial charge is 0.485 e. The molecule has 0 spiro atoms. The fourth-order valence-corrected chi connectivity index (χ4v) is 2.65. The molecule has 1 atom stereocenters. The summed E-state index contributed by atoms with van der Waals surface area (Å²) in [4.78, 5) is 0. The molecule has 2 aromatic carbocycles. The summed E-state index contributed by atoms with van der Waals surface area (Å²) in [5.41, 5.74) is 5.00. The summed E-state index contributed by atoms with van der Waals surface area (Å²) in [6.07, 6.45) is -5.14. The minimum Gasteiger partial charge on any atom is -0.485 e. The molecule has 0 aliphatic carbocycles. The van der Waals surface area contributed by atoms with Crippen molar-refractivity contribution < 1.29 is 27.5 Å². The quantitative estimate of drug-likeness (QED) is 0.288. The maximum atomic E-state index is 14.5. The average Bonchev–Trinajstić information content (AvgIpc) is 2.96. The van der Waals surface area contributed by atoms with Crippen molar-refractivity contribution in [1.82, 2.24) is 0 Å². The van der Waals surface area contributed by atoms with Crippen molar-refractivity contribution in [1.29, 1.82) is 0 Å². The molecule has 8 heteroatoms. The number of ether oxygens (including phenoxy) is 1. The number of alkyl halides is 3. The van der Waals surface area contributed by atoms with Gasteiger partial charge in [-0.15, -0.1) is 0 Å². The number of benzene rings is 2. The number of nitrogens with zero attached hydrogens (tertiary/aromatic N) is 1. The van der Waals surface area contributed by atoms with Crippen molar-refractivity contribution in [2.24, 2.45) is 10.9 Å². The van der Waals surface area contributed by atoms with Crippen LogP contribution in [0, 0.1) is 5.82 Å². The molecule has 0 amide bonds. The first-order valence-electron chi connectivity index (χ1n) is 6.94. The molecular weight excluding hydrogens is 328 g/mol. The zero-order chi connectivity index (χ0) is 17.5. The number of hydrogen-bond donors (Lipinski definition) is 2. The van der Waals surface area contributed by atoms with E-state index in [1.54, 1.807) is 0 Å². The van der Waals surface area contributed by atoms with E-state index in [1.165, 1.54) is 24.3 Å². The highest BCUT2D eigenvalue weighted by Crippen LogP contribution is 2.41. The molecule has 1 aliphatic rings. The summed E-state index contributed by atoms with van der Waals surface area (Å²) >= 11 is 0. The van der Waals surface area contributed by atoms with Crippen LogP contribution in [0.15, 0.2) is 41.6 Å². The predicted octanol–water partition coefficient (Wildman–Crippen LogP) is 3.62. The fraction of sp³-hybridized carbons (Fsp3) is 0.188.